The fraction of sp³-hybridized carbons (Fsp3) is 0.360. The van der Waals surface area contributed by atoms with Crippen LogP contribution in [0.4, 0.5) is 11.4 Å². The summed E-state index contributed by atoms with van der Waals surface area (Å²) < 4.78 is 5.40. The lowest BCUT2D eigenvalue weighted by Crippen LogP contribution is -2.47. The summed E-state index contributed by atoms with van der Waals surface area (Å²) in [6, 6.07) is 13.7. The Morgan fingerprint density at radius 1 is 1.03 bits per heavy atom. The number of nitrogens with zero attached hydrogens (tertiary/aromatic N) is 4. The highest BCUT2D eigenvalue weighted by Crippen LogP contribution is 2.29. The van der Waals surface area contributed by atoms with Gasteiger partial charge in [-0.25, -0.2) is 0 Å². The third-order valence-electron chi connectivity index (χ3n) is 6.15. The van der Waals surface area contributed by atoms with E-state index in [0.29, 0.717) is 30.1 Å². The van der Waals surface area contributed by atoms with Gasteiger partial charge in [0.1, 0.15) is 17.5 Å². The standard InChI is InChI=1S/C25H29N5O4/c1-17(31)22-16-21(27-30(22)19-7-5-4-6-8-19)24(32)26-20-15-18(9-10-23(20)34-3)25(33)29-13-11-28(2)12-14-29/h4-10,15,22H,11-14,16H2,1-3H3,(H,26,32). The molecule has 0 aromatic heterocycles. The van der Waals surface area contributed by atoms with Gasteiger partial charge in [0.15, 0.2) is 5.78 Å². The molecule has 1 saturated heterocycles. The predicted molar refractivity (Wildman–Crippen MR) is 130 cm³/mol. The Labute approximate surface area is 199 Å². The van der Waals surface area contributed by atoms with Crippen LogP contribution in [0, 0.1) is 0 Å². The maximum atomic E-state index is 13.1. The lowest BCUT2D eigenvalue weighted by molar-refractivity contribution is -0.118. The monoisotopic (exact) mass is 463 g/mol. The first kappa shape index (κ1) is 23.4. The highest BCUT2D eigenvalue weighted by molar-refractivity contribution is 6.44. The van der Waals surface area contributed by atoms with Crippen molar-refractivity contribution in [3.05, 3.63) is 54.1 Å². The van der Waals surface area contributed by atoms with Crippen LogP contribution in [0.25, 0.3) is 0 Å². The van der Waals surface area contributed by atoms with Crippen LogP contribution in [0.15, 0.2) is 53.6 Å². The van der Waals surface area contributed by atoms with Gasteiger partial charge in [-0.3, -0.25) is 19.4 Å². The van der Waals surface area contributed by atoms with Gasteiger partial charge in [0.2, 0.25) is 0 Å². The summed E-state index contributed by atoms with van der Waals surface area (Å²) in [5.74, 6) is -0.166. The molecule has 0 saturated carbocycles. The number of hydrogen-bond donors (Lipinski definition) is 1. The van der Waals surface area contributed by atoms with Crippen LogP contribution in [0.5, 0.6) is 5.75 Å². The van der Waals surface area contributed by atoms with Gasteiger partial charge in [0, 0.05) is 38.2 Å². The van der Waals surface area contributed by atoms with Crippen molar-refractivity contribution in [3.8, 4) is 5.75 Å². The molecule has 9 nitrogen and oxygen atoms in total. The van der Waals surface area contributed by atoms with Crippen molar-refractivity contribution in [2.75, 3.05) is 50.7 Å². The SMILES string of the molecule is COc1ccc(C(=O)N2CCN(C)CC2)cc1NC(=O)C1=NN(c2ccccc2)C(C(C)=O)C1. The maximum absolute atomic E-state index is 13.1. The second-order valence-corrected chi connectivity index (χ2v) is 8.52. The second-order valence-electron chi connectivity index (χ2n) is 8.52. The average molecular weight is 464 g/mol. The lowest BCUT2D eigenvalue weighted by atomic mass is 10.1. The lowest BCUT2D eigenvalue weighted by Gasteiger charge is -2.32. The Hall–Kier alpha value is -3.72. The van der Waals surface area contributed by atoms with Gasteiger partial charge >= 0.3 is 0 Å². The van der Waals surface area contributed by atoms with Crippen molar-refractivity contribution in [2.45, 2.75) is 19.4 Å². The number of amides is 2. The first-order valence-corrected chi connectivity index (χ1v) is 11.3. The molecule has 2 amide bonds. The zero-order valence-electron chi connectivity index (χ0n) is 19.7. The van der Waals surface area contributed by atoms with E-state index in [1.807, 2.05) is 42.3 Å². The van der Waals surface area contributed by atoms with Crippen LogP contribution in [0.1, 0.15) is 23.7 Å². The van der Waals surface area contributed by atoms with Gasteiger partial charge in [0.05, 0.1) is 18.5 Å². The third kappa shape index (κ3) is 4.94. The third-order valence-corrected chi connectivity index (χ3v) is 6.15. The van der Waals surface area contributed by atoms with E-state index in [9.17, 15) is 14.4 Å². The van der Waals surface area contributed by atoms with Crippen LogP contribution in [-0.4, -0.2) is 79.5 Å². The topological polar surface area (TPSA) is 94.6 Å². The summed E-state index contributed by atoms with van der Waals surface area (Å²) >= 11 is 0. The normalized spacial score (nSPS) is 18.4. The van der Waals surface area contributed by atoms with E-state index in [4.69, 9.17) is 4.74 Å². The van der Waals surface area contributed by atoms with Crippen molar-refractivity contribution in [3.63, 3.8) is 0 Å². The van der Waals surface area contributed by atoms with E-state index in [1.54, 1.807) is 23.2 Å². The Morgan fingerprint density at radius 3 is 2.38 bits per heavy atom. The zero-order valence-corrected chi connectivity index (χ0v) is 19.7. The van der Waals surface area contributed by atoms with E-state index < -0.39 is 11.9 Å². The van der Waals surface area contributed by atoms with E-state index >= 15 is 0 Å². The smallest absolute Gasteiger partial charge is 0.272 e. The number of likely N-dealkylation sites (N-methyl/N-ethyl adjacent to an activating group) is 1. The van der Waals surface area contributed by atoms with Crippen molar-refractivity contribution >= 4 is 34.7 Å². The highest BCUT2D eigenvalue weighted by Gasteiger charge is 2.34. The van der Waals surface area contributed by atoms with Crippen LogP contribution >= 0.6 is 0 Å². The Morgan fingerprint density at radius 2 is 1.74 bits per heavy atom. The number of Topliss-reactive ketones (excluding diaryl/α,β-unsaturated/α-hetero) is 1. The number of methoxy groups -OCH3 is 1. The number of piperazine rings is 1. The molecule has 2 aliphatic heterocycles. The quantitative estimate of drug-likeness (QED) is 0.706. The Kier molecular flexibility index (Phi) is 6.93. The zero-order chi connectivity index (χ0) is 24.2. The number of ketones is 1. The minimum absolute atomic E-state index is 0.0762. The van der Waals surface area contributed by atoms with Crippen molar-refractivity contribution in [1.82, 2.24) is 9.80 Å². The van der Waals surface area contributed by atoms with E-state index in [-0.39, 0.29) is 23.8 Å². The number of anilines is 2. The van der Waals surface area contributed by atoms with Crippen LogP contribution in [0.2, 0.25) is 0 Å². The molecule has 0 bridgehead atoms. The van der Waals surface area contributed by atoms with Crippen LogP contribution in [-0.2, 0) is 9.59 Å². The summed E-state index contributed by atoms with van der Waals surface area (Å²) in [7, 11) is 3.53. The van der Waals surface area contributed by atoms with E-state index in [1.165, 1.54) is 14.0 Å². The molecule has 2 heterocycles. The van der Waals surface area contributed by atoms with Gasteiger partial charge in [0.25, 0.3) is 11.8 Å². The first-order chi connectivity index (χ1) is 16.4. The molecule has 34 heavy (non-hydrogen) atoms. The number of hydrazone groups is 1. The Balaban J connectivity index is 1.54. The minimum atomic E-state index is -0.546. The first-order valence-electron chi connectivity index (χ1n) is 11.3. The summed E-state index contributed by atoms with van der Waals surface area (Å²) in [6.45, 7) is 4.44. The van der Waals surface area contributed by atoms with Gasteiger partial charge in [-0.1, -0.05) is 18.2 Å². The van der Waals surface area contributed by atoms with Crippen molar-refractivity contribution in [2.24, 2.45) is 5.10 Å². The number of benzene rings is 2. The van der Waals surface area contributed by atoms with Gasteiger partial charge in [-0.2, -0.15) is 5.10 Å². The summed E-state index contributed by atoms with van der Waals surface area (Å²) in [5.41, 5.74) is 1.83. The molecule has 4 rings (SSSR count). The number of carbonyl (C=O) groups excluding carboxylic acids is 3. The van der Waals surface area contributed by atoms with E-state index in [2.05, 4.69) is 15.3 Å². The number of carbonyl (C=O) groups is 3. The molecule has 1 fully saturated rings. The summed E-state index contributed by atoms with van der Waals surface area (Å²) in [5, 5.41) is 8.86. The number of ether oxygens (including phenoxy) is 1. The minimum Gasteiger partial charge on any atom is -0.495 e. The average Bonchev–Trinajstić information content (AvgIpc) is 3.31. The van der Waals surface area contributed by atoms with E-state index in [0.717, 1.165) is 18.8 Å². The molecule has 0 spiro atoms. The van der Waals surface area contributed by atoms with Crippen LogP contribution in [0.3, 0.4) is 0 Å². The maximum Gasteiger partial charge on any atom is 0.272 e. The molecular weight excluding hydrogens is 434 g/mol. The molecule has 9 heteroatoms. The van der Waals surface area contributed by atoms with Crippen molar-refractivity contribution in [1.29, 1.82) is 0 Å². The molecular formula is C25H29N5O4. The van der Waals surface area contributed by atoms with Crippen LogP contribution < -0.4 is 15.1 Å². The highest BCUT2D eigenvalue weighted by atomic mass is 16.5. The largest absolute Gasteiger partial charge is 0.495 e. The van der Waals surface area contributed by atoms with Gasteiger partial charge in [-0.05, 0) is 44.3 Å². The molecule has 2 aromatic rings. The molecule has 0 radical (unpaired) electrons. The molecule has 2 aliphatic rings. The molecule has 1 unspecified atom stereocenters. The summed E-state index contributed by atoms with van der Waals surface area (Å²) in [6.07, 6.45) is 0.193. The molecule has 2 aromatic carbocycles. The fourth-order valence-electron chi connectivity index (χ4n) is 4.11. The van der Waals surface area contributed by atoms with Gasteiger partial charge < -0.3 is 19.9 Å². The number of hydrogen-bond acceptors (Lipinski definition) is 7. The molecule has 0 aliphatic carbocycles. The molecule has 1 atom stereocenters. The van der Waals surface area contributed by atoms with Crippen molar-refractivity contribution < 1.29 is 19.1 Å². The predicted octanol–water partition coefficient (Wildman–Crippen LogP) is 2.25. The Bertz CT molecular complexity index is 1110. The molecule has 178 valence electrons. The second kappa shape index (κ2) is 10.0. The number of rotatable bonds is 6. The molecule has 1 N–H and O–H groups in total. The summed E-state index contributed by atoms with van der Waals surface area (Å²) in [4.78, 5) is 42.3. The number of para-hydroxylation sites is 1. The fourth-order valence-corrected chi connectivity index (χ4v) is 4.11. The number of nitrogens with one attached hydrogen (secondary N) is 1. The van der Waals surface area contributed by atoms with Gasteiger partial charge in [-0.15, -0.1) is 0 Å².